The van der Waals surface area contributed by atoms with E-state index in [0.29, 0.717) is 26.0 Å². The van der Waals surface area contributed by atoms with E-state index in [1.807, 2.05) is 13.8 Å². The predicted octanol–water partition coefficient (Wildman–Crippen LogP) is 8.59. The van der Waals surface area contributed by atoms with Crippen LogP contribution in [0.3, 0.4) is 0 Å². The molecular formula is C38H71N3O6. The highest BCUT2D eigenvalue weighted by Gasteiger charge is 2.50. The van der Waals surface area contributed by atoms with Gasteiger partial charge >= 0.3 is 12.0 Å². The molecule has 0 bridgehead atoms. The summed E-state index contributed by atoms with van der Waals surface area (Å²) in [7, 11) is 1.72. The van der Waals surface area contributed by atoms with Crippen molar-refractivity contribution >= 4 is 17.9 Å². The zero-order chi connectivity index (χ0) is 34.8. The molecule has 47 heavy (non-hydrogen) atoms. The molecule has 2 aliphatic rings. The number of urea groups is 1. The molecule has 1 aliphatic heterocycles. The van der Waals surface area contributed by atoms with Crippen molar-refractivity contribution in [1.82, 2.24) is 15.5 Å². The van der Waals surface area contributed by atoms with Gasteiger partial charge in [-0.2, -0.15) is 0 Å². The second-order valence-electron chi connectivity index (χ2n) is 15.6. The molecule has 1 aliphatic carbocycles. The number of nitrogens with one attached hydrogen (secondary N) is 2. The highest BCUT2D eigenvalue weighted by atomic mass is 16.7. The van der Waals surface area contributed by atoms with Gasteiger partial charge in [0.2, 0.25) is 5.91 Å². The first-order valence-electron chi connectivity index (χ1n) is 19.2. The zero-order valence-corrected chi connectivity index (χ0v) is 31.1. The van der Waals surface area contributed by atoms with Crippen LogP contribution in [0.1, 0.15) is 169 Å². The molecule has 274 valence electrons. The molecule has 1 saturated heterocycles. The molecule has 0 aromatic rings. The third kappa shape index (κ3) is 14.3. The first kappa shape index (κ1) is 41.3. The van der Waals surface area contributed by atoms with Gasteiger partial charge in [-0.1, -0.05) is 136 Å². The summed E-state index contributed by atoms with van der Waals surface area (Å²) in [5.41, 5.74) is -1.44. The largest absolute Gasteiger partial charge is 0.481 e. The average molecular weight is 666 g/mol. The van der Waals surface area contributed by atoms with E-state index in [9.17, 15) is 19.5 Å². The van der Waals surface area contributed by atoms with E-state index in [2.05, 4.69) is 17.6 Å². The van der Waals surface area contributed by atoms with Gasteiger partial charge in [-0.05, 0) is 33.1 Å². The number of ether oxygens (including phenoxy) is 2. The summed E-state index contributed by atoms with van der Waals surface area (Å²) in [6.07, 6.45) is 24.0. The highest BCUT2D eigenvalue weighted by Crippen LogP contribution is 2.40. The van der Waals surface area contributed by atoms with Crippen molar-refractivity contribution in [2.75, 3.05) is 26.7 Å². The fraction of sp³-hybridized carbons (Fsp3) is 0.921. The van der Waals surface area contributed by atoms with E-state index < -0.39 is 34.7 Å². The maximum absolute atomic E-state index is 13.4. The second kappa shape index (κ2) is 21.3. The van der Waals surface area contributed by atoms with Crippen molar-refractivity contribution in [2.24, 2.45) is 11.3 Å². The Morgan fingerprint density at radius 1 is 0.766 bits per heavy atom. The van der Waals surface area contributed by atoms with Gasteiger partial charge in [-0.15, -0.1) is 0 Å². The van der Waals surface area contributed by atoms with Gasteiger partial charge in [0, 0.05) is 25.6 Å². The van der Waals surface area contributed by atoms with E-state index in [0.717, 1.165) is 32.1 Å². The molecule has 0 radical (unpaired) electrons. The molecule has 3 amide bonds. The van der Waals surface area contributed by atoms with Gasteiger partial charge < -0.3 is 30.1 Å². The van der Waals surface area contributed by atoms with Crippen LogP contribution in [0.4, 0.5) is 4.79 Å². The van der Waals surface area contributed by atoms with E-state index in [-0.39, 0.29) is 18.5 Å². The number of carboxylic acids is 1. The number of amides is 3. The fourth-order valence-corrected chi connectivity index (χ4v) is 7.39. The van der Waals surface area contributed by atoms with Gasteiger partial charge in [-0.3, -0.25) is 9.59 Å². The van der Waals surface area contributed by atoms with Crippen LogP contribution in [0.15, 0.2) is 0 Å². The molecule has 2 rings (SSSR count). The predicted molar refractivity (Wildman–Crippen MR) is 189 cm³/mol. The maximum atomic E-state index is 13.4. The Morgan fingerprint density at radius 2 is 1.26 bits per heavy atom. The van der Waals surface area contributed by atoms with Crippen LogP contribution in [0, 0.1) is 11.3 Å². The minimum absolute atomic E-state index is 0.0673. The Balaban J connectivity index is 1.73. The molecule has 0 aromatic carbocycles. The summed E-state index contributed by atoms with van der Waals surface area (Å²) in [4.78, 5) is 41.0. The smallest absolute Gasteiger partial charge is 0.317 e. The van der Waals surface area contributed by atoms with E-state index in [4.69, 9.17) is 9.47 Å². The molecule has 2 fully saturated rings. The third-order valence-corrected chi connectivity index (χ3v) is 10.6. The van der Waals surface area contributed by atoms with Crippen LogP contribution in [-0.2, 0) is 19.1 Å². The number of carbonyl (C=O) groups excluding carboxylic acids is 2. The Labute approximate surface area is 287 Å². The van der Waals surface area contributed by atoms with Crippen LogP contribution < -0.4 is 10.6 Å². The first-order valence-corrected chi connectivity index (χ1v) is 19.2. The molecule has 1 heterocycles. The maximum Gasteiger partial charge on any atom is 0.317 e. The Bertz CT molecular complexity index is 917. The van der Waals surface area contributed by atoms with Crippen molar-refractivity contribution in [1.29, 1.82) is 0 Å². The van der Waals surface area contributed by atoms with Gasteiger partial charge in [0.15, 0.2) is 5.79 Å². The van der Waals surface area contributed by atoms with Crippen LogP contribution in [0.25, 0.3) is 0 Å². The SMILES string of the molecule is CCCCCCCCCCCCCCCCCCNC(=O)N(C)C1(C(CNC(=O)C2OC(C)(C)OCC2(C)C)C(=O)O)CCCCC1. The van der Waals surface area contributed by atoms with Crippen LogP contribution in [0.2, 0.25) is 0 Å². The average Bonchev–Trinajstić information content (AvgIpc) is 3.03. The standard InChI is InChI=1S/C38H71N3O6/c1-7-8-9-10-11-12-13-14-15-16-17-18-19-20-21-25-28-39-35(45)41(6)38(26-23-22-24-27-38)31(34(43)44)29-40-33(42)32-36(2,3)30-46-37(4,5)47-32/h31-32H,7-30H2,1-6H3,(H,39,45)(H,40,42)(H,43,44). The monoisotopic (exact) mass is 666 g/mol. The summed E-state index contributed by atoms with van der Waals surface area (Å²) in [6, 6.07) is -0.235. The van der Waals surface area contributed by atoms with Gasteiger partial charge in [0.05, 0.1) is 18.1 Å². The molecule has 2 unspecified atom stereocenters. The van der Waals surface area contributed by atoms with Crippen molar-refractivity contribution in [3.8, 4) is 0 Å². The topological polar surface area (TPSA) is 117 Å². The number of unbranched alkanes of at least 4 members (excludes halogenated alkanes) is 15. The molecule has 0 spiro atoms. The molecule has 0 aromatic heterocycles. The molecular weight excluding hydrogens is 594 g/mol. The van der Waals surface area contributed by atoms with Crippen molar-refractivity contribution in [3.63, 3.8) is 0 Å². The summed E-state index contributed by atoms with van der Waals surface area (Å²) in [5, 5.41) is 16.3. The Hall–Kier alpha value is -1.87. The van der Waals surface area contributed by atoms with Crippen molar-refractivity contribution < 1.29 is 29.0 Å². The van der Waals surface area contributed by atoms with Gasteiger partial charge in [0.1, 0.15) is 6.10 Å². The molecule has 9 nitrogen and oxygen atoms in total. The minimum atomic E-state index is -1.00. The number of hydrogen-bond acceptors (Lipinski definition) is 5. The lowest BCUT2D eigenvalue weighted by molar-refractivity contribution is -0.304. The van der Waals surface area contributed by atoms with E-state index in [1.54, 1.807) is 25.8 Å². The Morgan fingerprint density at radius 3 is 1.74 bits per heavy atom. The fourth-order valence-electron chi connectivity index (χ4n) is 7.39. The van der Waals surface area contributed by atoms with Gasteiger partial charge in [0.25, 0.3) is 0 Å². The van der Waals surface area contributed by atoms with Gasteiger partial charge in [-0.25, -0.2) is 4.79 Å². The number of aliphatic carboxylic acids is 1. The van der Waals surface area contributed by atoms with Crippen LogP contribution >= 0.6 is 0 Å². The lowest BCUT2D eigenvalue weighted by atomic mass is 9.71. The van der Waals surface area contributed by atoms with E-state index >= 15 is 0 Å². The van der Waals surface area contributed by atoms with Crippen molar-refractivity contribution in [2.45, 2.75) is 187 Å². The summed E-state index contributed by atoms with van der Waals surface area (Å²) in [6.45, 7) is 10.5. The normalized spacial score (nSPS) is 20.7. The van der Waals surface area contributed by atoms with Crippen LogP contribution in [-0.4, -0.2) is 72.1 Å². The number of nitrogens with zero attached hydrogens (tertiary/aromatic N) is 1. The molecule has 1 saturated carbocycles. The third-order valence-electron chi connectivity index (χ3n) is 10.6. The summed E-state index contributed by atoms with van der Waals surface area (Å²) >= 11 is 0. The zero-order valence-electron chi connectivity index (χ0n) is 31.1. The Kier molecular flexibility index (Phi) is 18.7. The quantitative estimate of drug-likeness (QED) is 0.0942. The number of carboxylic acid groups (broad SMARTS) is 1. The summed E-state index contributed by atoms with van der Waals surface area (Å²) < 4.78 is 11.7. The summed E-state index contributed by atoms with van der Waals surface area (Å²) in [5.74, 6) is -3.19. The van der Waals surface area contributed by atoms with Crippen LogP contribution in [0.5, 0.6) is 0 Å². The lowest BCUT2D eigenvalue weighted by Gasteiger charge is -2.48. The first-order chi connectivity index (χ1) is 22.4. The highest BCUT2D eigenvalue weighted by molar-refractivity contribution is 5.83. The minimum Gasteiger partial charge on any atom is -0.481 e. The molecule has 3 N–H and O–H groups in total. The van der Waals surface area contributed by atoms with E-state index in [1.165, 1.54) is 89.9 Å². The number of hydrogen-bond donors (Lipinski definition) is 3. The molecule has 2 atom stereocenters. The second-order valence-corrected chi connectivity index (χ2v) is 15.6. The van der Waals surface area contributed by atoms with Crippen molar-refractivity contribution in [3.05, 3.63) is 0 Å². The number of carbonyl (C=O) groups is 3. The number of rotatable bonds is 23. The molecule has 9 heteroatoms. The lowest BCUT2D eigenvalue weighted by Crippen LogP contribution is -2.63.